The van der Waals surface area contributed by atoms with Gasteiger partial charge >= 0.3 is 0 Å². The molecule has 1 unspecified atom stereocenters. The molecule has 2 aliphatic rings. The van der Waals surface area contributed by atoms with Crippen molar-refractivity contribution >= 4 is 17.4 Å². The van der Waals surface area contributed by atoms with E-state index in [-0.39, 0.29) is 24.0 Å². The molecule has 0 aromatic heterocycles. The molecule has 1 heterocycles. The van der Waals surface area contributed by atoms with Crippen LogP contribution in [0, 0.1) is 0 Å². The van der Waals surface area contributed by atoms with Crippen LogP contribution in [0.2, 0.25) is 0 Å². The summed E-state index contributed by atoms with van der Waals surface area (Å²) in [4.78, 5) is 27.8. The molecule has 0 radical (unpaired) electrons. The Balaban J connectivity index is 1.81. The molecule has 0 N–H and O–H groups in total. The van der Waals surface area contributed by atoms with Crippen LogP contribution < -0.4 is 14.4 Å². The summed E-state index contributed by atoms with van der Waals surface area (Å²) in [6, 6.07) is 15.1. The first-order valence-electron chi connectivity index (χ1n) is 9.49. The summed E-state index contributed by atoms with van der Waals surface area (Å²) in [5, 5.41) is 0. The number of benzene rings is 2. The Morgan fingerprint density at radius 1 is 0.929 bits per heavy atom. The van der Waals surface area contributed by atoms with Gasteiger partial charge in [0.1, 0.15) is 11.5 Å². The Bertz CT molecular complexity index is 945. The maximum absolute atomic E-state index is 13.2. The van der Waals surface area contributed by atoms with E-state index in [4.69, 9.17) is 9.47 Å². The first-order chi connectivity index (χ1) is 13.6. The molecule has 1 amide bonds. The molecule has 28 heavy (non-hydrogen) atoms. The van der Waals surface area contributed by atoms with E-state index in [2.05, 4.69) is 0 Å². The number of hydrogen-bond donors (Lipinski definition) is 0. The average Bonchev–Trinajstić information content (AvgIpc) is 2.73. The van der Waals surface area contributed by atoms with Gasteiger partial charge in [0.15, 0.2) is 5.78 Å². The molecule has 1 atom stereocenters. The largest absolute Gasteiger partial charge is 0.497 e. The summed E-state index contributed by atoms with van der Waals surface area (Å²) in [7, 11) is 3.22. The molecule has 0 fully saturated rings. The Kier molecular flexibility index (Phi) is 4.90. The average molecular weight is 377 g/mol. The van der Waals surface area contributed by atoms with Gasteiger partial charge in [-0.2, -0.15) is 0 Å². The minimum Gasteiger partial charge on any atom is -0.497 e. The zero-order valence-electron chi connectivity index (χ0n) is 16.1. The topological polar surface area (TPSA) is 55.8 Å². The van der Waals surface area contributed by atoms with Crippen molar-refractivity contribution in [3.8, 4) is 11.5 Å². The number of ketones is 1. The number of methoxy groups -OCH3 is 2. The van der Waals surface area contributed by atoms with Crippen LogP contribution in [0.3, 0.4) is 0 Å². The van der Waals surface area contributed by atoms with Crippen LogP contribution in [0.5, 0.6) is 11.5 Å². The van der Waals surface area contributed by atoms with Crippen LogP contribution in [0.4, 0.5) is 5.69 Å². The predicted octanol–water partition coefficient (Wildman–Crippen LogP) is 4.23. The van der Waals surface area contributed by atoms with Crippen molar-refractivity contribution in [1.82, 2.24) is 0 Å². The zero-order chi connectivity index (χ0) is 19.7. The third-order valence-corrected chi connectivity index (χ3v) is 5.50. The second-order valence-electron chi connectivity index (χ2n) is 7.10. The lowest BCUT2D eigenvalue weighted by atomic mass is 9.77. The molecular formula is C23H23NO4. The number of allylic oxidation sites excluding steroid dienone is 2. The van der Waals surface area contributed by atoms with E-state index >= 15 is 0 Å². The van der Waals surface area contributed by atoms with Crippen LogP contribution >= 0.6 is 0 Å². The highest BCUT2D eigenvalue weighted by Crippen LogP contribution is 2.43. The Labute approximate surface area is 164 Å². The van der Waals surface area contributed by atoms with E-state index < -0.39 is 0 Å². The standard InChI is InChI=1S/C23H23NO4/c1-27-17-11-9-15(10-12-17)19-14-22(26)24(16-5-3-6-18(13-16)28-2)20-7-4-8-21(25)23(19)20/h3,5-6,9-13,19H,4,7-8,14H2,1-2H3. The van der Waals surface area contributed by atoms with Crippen molar-refractivity contribution in [1.29, 1.82) is 0 Å². The van der Waals surface area contributed by atoms with Crippen LogP contribution in [0.15, 0.2) is 59.8 Å². The maximum atomic E-state index is 13.2. The van der Waals surface area contributed by atoms with Gasteiger partial charge in [0.2, 0.25) is 5.91 Å². The molecule has 1 aliphatic heterocycles. The third-order valence-electron chi connectivity index (χ3n) is 5.50. The fourth-order valence-electron chi connectivity index (χ4n) is 4.16. The summed E-state index contributed by atoms with van der Waals surface area (Å²) in [6.07, 6.45) is 2.29. The van der Waals surface area contributed by atoms with E-state index in [1.54, 1.807) is 19.1 Å². The molecule has 0 bridgehead atoms. The van der Waals surface area contributed by atoms with Crippen molar-refractivity contribution in [3.05, 3.63) is 65.4 Å². The van der Waals surface area contributed by atoms with E-state index in [1.165, 1.54) is 0 Å². The summed E-state index contributed by atoms with van der Waals surface area (Å²) in [5.41, 5.74) is 3.34. The highest BCUT2D eigenvalue weighted by Gasteiger charge is 2.39. The predicted molar refractivity (Wildman–Crippen MR) is 107 cm³/mol. The lowest BCUT2D eigenvalue weighted by Crippen LogP contribution is -2.40. The molecule has 144 valence electrons. The fourth-order valence-corrected chi connectivity index (χ4v) is 4.16. The zero-order valence-corrected chi connectivity index (χ0v) is 16.1. The quantitative estimate of drug-likeness (QED) is 0.800. The highest BCUT2D eigenvalue weighted by molar-refractivity contribution is 6.07. The molecule has 4 rings (SSSR count). The SMILES string of the molecule is COc1ccc(C2CC(=O)N(c3cccc(OC)c3)C3=C2C(=O)CCC3)cc1. The number of carbonyl (C=O) groups is 2. The van der Waals surface area contributed by atoms with Crippen molar-refractivity contribution in [2.75, 3.05) is 19.1 Å². The molecule has 0 spiro atoms. The van der Waals surface area contributed by atoms with Gasteiger partial charge < -0.3 is 9.47 Å². The van der Waals surface area contributed by atoms with E-state index in [0.29, 0.717) is 12.2 Å². The summed E-state index contributed by atoms with van der Waals surface area (Å²) in [6.45, 7) is 0. The highest BCUT2D eigenvalue weighted by atomic mass is 16.5. The van der Waals surface area contributed by atoms with Crippen molar-refractivity contribution in [3.63, 3.8) is 0 Å². The smallest absolute Gasteiger partial charge is 0.232 e. The maximum Gasteiger partial charge on any atom is 0.232 e. The van der Waals surface area contributed by atoms with Gasteiger partial charge in [0.25, 0.3) is 0 Å². The number of carbonyl (C=O) groups excluding carboxylic acids is 2. The Morgan fingerprint density at radius 3 is 2.39 bits per heavy atom. The number of hydrogen-bond acceptors (Lipinski definition) is 4. The summed E-state index contributed by atoms with van der Waals surface area (Å²) in [5.74, 6) is 1.38. The van der Waals surface area contributed by atoms with Gasteiger partial charge in [-0.05, 0) is 42.7 Å². The normalized spacial score (nSPS) is 19.5. The van der Waals surface area contributed by atoms with E-state index in [9.17, 15) is 9.59 Å². The van der Waals surface area contributed by atoms with Crippen LogP contribution in [-0.4, -0.2) is 25.9 Å². The second kappa shape index (κ2) is 7.50. The number of ether oxygens (including phenoxy) is 2. The van der Waals surface area contributed by atoms with Crippen LogP contribution in [0.25, 0.3) is 0 Å². The molecular weight excluding hydrogens is 354 g/mol. The number of Topliss-reactive ketones (excluding diaryl/α,β-unsaturated/α-hetero) is 1. The van der Waals surface area contributed by atoms with Crippen molar-refractivity contribution in [2.24, 2.45) is 0 Å². The molecule has 1 aliphatic carbocycles. The van der Waals surface area contributed by atoms with Gasteiger partial charge in [-0.3, -0.25) is 14.5 Å². The summed E-state index contributed by atoms with van der Waals surface area (Å²) >= 11 is 0. The van der Waals surface area contributed by atoms with Crippen LogP contribution in [0.1, 0.15) is 37.2 Å². The number of rotatable bonds is 4. The van der Waals surface area contributed by atoms with Gasteiger partial charge in [0, 0.05) is 36.1 Å². The molecule has 5 heteroatoms. The Morgan fingerprint density at radius 2 is 1.68 bits per heavy atom. The molecule has 0 saturated heterocycles. The molecule has 0 saturated carbocycles. The van der Waals surface area contributed by atoms with Crippen molar-refractivity contribution in [2.45, 2.75) is 31.6 Å². The minimum atomic E-state index is -0.205. The van der Waals surface area contributed by atoms with E-state index in [1.807, 2.05) is 48.5 Å². The van der Waals surface area contributed by atoms with Crippen molar-refractivity contribution < 1.29 is 19.1 Å². The van der Waals surface area contributed by atoms with E-state index in [0.717, 1.165) is 41.1 Å². The summed E-state index contributed by atoms with van der Waals surface area (Å²) < 4.78 is 10.6. The first-order valence-corrected chi connectivity index (χ1v) is 9.49. The number of nitrogens with zero attached hydrogens (tertiary/aromatic N) is 1. The van der Waals surface area contributed by atoms with Gasteiger partial charge in [0.05, 0.1) is 19.9 Å². The van der Waals surface area contributed by atoms with Gasteiger partial charge in [-0.25, -0.2) is 0 Å². The molecule has 5 nitrogen and oxygen atoms in total. The lowest BCUT2D eigenvalue weighted by Gasteiger charge is -2.38. The van der Waals surface area contributed by atoms with Gasteiger partial charge in [-0.15, -0.1) is 0 Å². The lowest BCUT2D eigenvalue weighted by molar-refractivity contribution is -0.119. The number of anilines is 1. The van der Waals surface area contributed by atoms with Crippen LogP contribution in [-0.2, 0) is 9.59 Å². The number of amides is 1. The Hall–Kier alpha value is -3.08. The van der Waals surface area contributed by atoms with Gasteiger partial charge in [-0.1, -0.05) is 18.2 Å². The monoisotopic (exact) mass is 377 g/mol. The first kappa shape index (κ1) is 18.3. The third kappa shape index (κ3) is 3.17. The molecule has 2 aromatic carbocycles. The minimum absolute atomic E-state index is 0.00233. The fraction of sp³-hybridized carbons (Fsp3) is 0.304. The second-order valence-corrected chi connectivity index (χ2v) is 7.10. The molecule has 2 aromatic rings.